The number of hydrogen-bond acceptors (Lipinski definition) is 6. The van der Waals surface area contributed by atoms with E-state index in [4.69, 9.17) is 9.47 Å². The third kappa shape index (κ3) is 5.06. The van der Waals surface area contributed by atoms with Crippen LogP contribution < -0.4 is 20.1 Å². The summed E-state index contributed by atoms with van der Waals surface area (Å²) >= 11 is 1.13. The number of carbonyl (C=O) groups excluding carboxylic acids is 2. The molecule has 2 amide bonds. The molecule has 1 aliphatic rings. The van der Waals surface area contributed by atoms with Crippen LogP contribution in [0.15, 0.2) is 47.0 Å². The number of anilines is 1. The third-order valence-corrected chi connectivity index (χ3v) is 6.32. The highest BCUT2D eigenvalue weighted by molar-refractivity contribution is 8.03. The maximum absolute atomic E-state index is 12.5. The largest absolute Gasteiger partial charge is 0.493 e. The molecule has 2 aromatic carbocycles. The van der Waals surface area contributed by atoms with Gasteiger partial charge in [0.15, 0.2) is 11.5 Å². The molecule has 0 spiro atoms. The number of aryl methyl sites for hydroxylation is 2. The lowest BCUT2D eigenvalue weighted by Gasteiger charge is -2.26. The van der Waals surface area contributed by atoms with Crippen molar-refractivity contribution in [2.24, 2.45) is 0 Å². The minimum Gasteiger partial charge on any atom is -0.493 e. The first kappa shape index (κ1) is 23.2. The molecule has 2 N–H and O–H groups in total. The van der Waals surface area contributed by atoms with Gasteiger partial charge in [0.2, 0.25) is 11.8 Å². The maximum atomic E-state index is 12.5. The van der Waals surface area contributed by atoms with E-state index < -0.39 is 5.92 Å². The van der Waals surface area contributed by atoms with Crippen molar-refractivity contribution < 1.29 is 19.1 Å². The zero-order valence-electron chi connectivity index (χ0n) is 18.4. The summed E-state index contributed by atoms with van der Waals surface area (Å²) in [6.45, 7) is 3.99. The highest BCUT2D eigenvalue weighted by Gasteiger charge is 2.32. The number of carbonyl (C=O) groups is 2. The van der Waals surface area contributed by atoms with Gasteiger partial charge in [-0.2, -0.15) is 5.26 Å². The second-order valence-electron chi connectivity index (χ2n) is 7.38. The minimum absolute atomic E-state index is 0.0513. The summed E-state index contributed by atoms with van der Waals surface area (Å²) < 4.78 is 10.9. The van der Waals surface area contributed by atoms with Gasteiger partial charge in [-0.3, -0.25) is 9.59 Å². The van der Waals surface area contributed by atoms with Crippen LogP contribution in [0.4, 0.5) is 5.69 Å². The molecule has 0 saturated heterocycles. The van der Waals surface area contributed by atoms with Gasteiger partial charge in [-0.05, 0) is 43.2 Å². The standard InChI is InChI=1S/C24H25N3O4S/c1-14-8-9-16(10-15(14)2)26-22(29)13-32-24-19(12-25)18(11-21(28)27-24)17-6-5-7-20(30-3)23(17)31-4/h5-10,18H,11,13H2,1-4H3,(H,26,29)(H,27,28)/t18-/m1/s1. The molecule has 1 heterocycles. The van der Waals surface area contributed by atoms with Crippen molar-refractivity contribution in [2.75, 3.05) is 25.3 Å². The minimum atomic E-state index is -0.496. The summed E-state index contributed by atoms with van der Waals surface area (Å²) in [5.74, 6) is 0.114. The van der Waals surface area contributed by atoms with Crippen LogP contribution in [0.25, 0.3) is 0 Å². The number of allylic oxidation sites excluding steroid dienone is 1. The van der Waals surface area contributed by atoms with Crippen molar-refractivity contribution in [3.63, 3.8) is 0 Å². The van der Waals surface area contributed by atoms with Crippen molar-refractivity contribution in [3.05, 3.63) is 63.7 Å². The van der Waals surface area contributed by atoms with E-state index in [1.165, 1.54) is 14.2 Å². The summed E-state index contributed by atoms with van der Waals surface area (Å²) in [7, 11) is 3.05. The highest BCUT2D eigenvalue weighted by atomic mass is 32.2. The molecule has 0 saturated carbocycles. The summed E-state index contributed by atoms with van der Waals surface area (Å²) in [5.41, 5.74) is 4.01. The fraction of sp³-hybridized carbons (Fsp3) is 0.292. The van der Waals surface area contributed by atoms with Crippen LogP contribution in [0.1, 0.15) is 29.0 Å². The van der Waals surface area contributed by atoms with E-state index in [2.05, 4.69) is 16.7 Å². The van der Waals surface area contributed by atoms with Gasteiger partial charge in [0.05, 0.1) is 36.6 Å². The van der Waals surface area contributed by atoms with Gasteiger partial charge in [0.1, 0.15) is 0 Å². The number of nitrogens with one attached hydrogen (secondary N) is 2. The molecular formula is C24H25N3O4S. The fourth-order valence-electron chi connectivity index (χ4n) is 3.54. The number of nitriles is 1. The normalized spacial score (nSPS) is 15.6. The third-order valence-electron chi connectivity index (χ3n) is 5.30. The molecule has 166 valence electrons. The van der Waals surface area contributed by atoms with Gasteiger partial charge in [-0.25, -0.2) is 0 Å². The summed E-state index contributed by atoms with van der Waals surface area (Å²) in [4.78, 5) is 24.9. The van der Waals surface area contributed by atoms with Gasteiger partial charge >= 0.3 is 0 Å². The van der Waals surface area contributed by atoms with Gasteiger partial charge in [0.25, 0.3) is 0 Å². The first-order valence-corrected chi connectivity index (χ1v) is 11.0. The predicted molar refractivity (Wildman–Crippen MR) is 125 cm³/mol. The molecule has 0 aromatic heterocycles. The number of rotatable bonds is 7. The average molecular weight is 452 g/mol. The highest BCUT2D eigenvalue weighted by Crippen LogP contribution is 2.43. The SMILES string of the molecule is COc1cccc([C@H]2CC(=O)NC(SCC(=O)Nc3ccc(C)c(C)c3)=C2C#N)c1OC. The molecular weight excluding hydrogens is 426 g/mol. The molecule has 0 radical (unpaired) electrons. The number of amides is 2. The number of nitrogens with zero attached hydrogens (tertiary/aromatic N) is 1. The van der Waals surface area contributed by atoms with Crippen LogP contribution in [0, 0.1) is 25.2 Å². The molecule has 1 aliphatic heterocycles. The fourth-order valence-corrected chi connectivity index (χ4v) is 4.42. The predicted octanol–water partition coefficient (Wildman–Crippen LogP) is 4.03. The van der Waals surface area contributed by atoms with Gasteiger partial charge in [-0.15, -0.1) is 0 Å². The lowest BCUT2D eigenvalue weighted by Crippen LogP contribution is -2.31. The van der Waals surface area contributed by atoms with E-state index in [0.29, 0.717) is 33.4 Å². The Morgan fingerprint density at radius 3 is 2.66 bits per heavy atom. The zero-order valence-corrected chi connectivity index (χ0v) is 19.3. The lowest BCUT2D eigenvalue weighted by atomic mass is 9.86. The van der Waals surface area contributed by atoms with Crippen molar-refractivity contribution in [1.29, 1.82) is 5.26 Å². The molecule has 0 aliphatic carbocycles. The summed E-state index contributed by atoms with van der Waals surface area (Å²) in [6, 6.07) is 13.3. The maximum Gasteiger partial charge on any atom is 0.234 e. The lowest BCUT2D eigenvalue weighted by molar-refractivity contribution is -0.121. The first-order chi connectivity index (χ1) is 15.4. The van der Waals surface area contributed by atoms with Crippen LogP contribution in [-0.4, -0.2) is 31.8 Å². The van der Waals surface area contributed by atoms with Crippen LogP contribution in [0.5, 0.6) is 11.5 Å². The second-order valence-corrected chi connectivity index (χ2v) is 8.36. The van der Waals surface area contributed by atoms with Gasteiger partial charge in [0, 0.05) is 23.6 Å². The smallest absolute Gasteiger partial charge is 0.234 e. The monoisotopic (exact) mass is 451 g/mol. The van der Waals surface area contributed by atoms with Gasteiger partial charge in [-0.1, -0.05) is 30.0 Å². The first-order valence-electron chi connectivity index (χ1n) is 10.0. The van der Waals surface area contributed by atoms with E-state index in [1.807, 2.05) is 38.1 Å². The van der Waals surface area contributed by atoms with E-state index in [1.54, 1.807) is 12.1 Å². The van der Waals surface area contributed by atoms with Crippen LogP contribution in [0.3, 0.4) is 0 Å². The number of benzene rings is 2. The Balaban J connectivity index is 1.83. The Morgan fingerprint density at radius 2 is 2.00 bits per heavy atom. The molecule has 3 rings (SSSR count). The van der Waals surface area contributed by atoms with E-state index in [9.17, 15) is 14.9 Å². The van der Waals surface area contributed by atoms with Crippen LogP contribution >= 0.6 is 11.8 Å². The second kappa shape index (κ2) is 10.2. The molecule has 1 atom stereocenters. The Hall–Kier alpha value is -3.44. The Bertz CT molecular complexity index is 1120. The molecule has 7 nitrogen and oxygen atoms in total. The van der Waals surface area contributed by atoms with E-state index in [0.717, 1.165) is 22.9 Å². The van der Waals surface area contributed by atoms with Crippen molar-refractivity contribution in [3.8, 4) is 17.6 Å². The number of thioether (sulfide) groups is 1. The Morgan fingerprint density at radius 1 is 1.22 bits per heavy atom. The molecule has 0 fully saturated rings. The number of para-hydroxylation sites is 1. The van der Waals surface area contributed by atoms with Crippen molar-refractivity contribution in [2.45, 2.75) is 26.2 Å². The van der Waals surface area contributed by atoms with E-state index in [-0.39, 0.29) is 24.0 Å². The van der Waals surface area contributed by atoms with Crippen molar-refractivity contribution in [1.82, 2.24) is 5.32 Å². The van der Waals surface area contributed by atoms with E-state index >= 15 is 0 Å². The average Bonchev–Trinajstić information content (AvgIpc) is 2.79. The van der Waals surface area contributed by atoms with Gasteiger partial charge < -0.3 is 20.1 Å². The van der Waals surface area contributed by atoms with Crippen LogP contribution in [-0.2, 0) is 9.59 Å². The molecule has 0 unspecified atom stereocenters. The Kier molecular flexibility index (Phi) is 7.44. The summed E-state index contributed by atoms with van der Waals surface area (Å²) in [6.07, 6.45) is 0.103. The number of hydrogen-bond donors (Lipinski definition) is 2. The molecule has 2 aromatic rings. The molecule has 0 bridgehead atoms. The quantitative estimate of drug-likeness (QED) is 0.659. The topological polar surface area (TPSA) is 100 Å². The Labute approximate surface area is 191 Å². The number of methoxy groups -OCH3 is 2. The van der Waals surface area contributed by atoms with Crippen molar-refractivity contribution >= 4 is 29.3 Å². The molecule has 32 heavy (non-hydrogen) atoms. The van der Waals surface area contributed by atoms with Crippen LogP contribution in [0.2, 0.25) is 0 Å². The number of ether oxygens (including phenoxy) is 2. The summed E-state index contributed by atoms with van der Waals surface area (Å²) in [5, 5.41) is 15.9. The molecule has 8 heteroatoms. The zero-order chi connectivity index (χ0) is 23.3.